The van der Waals surface area contributed by atoms with Gasteiger partial charge in [0.05, 0.1) is 30.1 Å². The van der Waals surface area contributed by atoms with E-state index in [2.05, 4.69) is 26.0 Å². The molecular weight excluding hydrogens is 429 g/mol. The molecule has 2 aromatic heterocycles. The van der Waals surface area contributed by atoms with Gasteiger partial charge in [-0.3, -0.25) is 5.01 Å². The topological polar surface area (TPSA) is 126 Å². The second-order valence-electron chi connectivity index (χ2n) is 6.76. The summed E-state index contributed by atoms with van der Waals surface area (Å²) in [6, 6.07) is 2.70. The van der Waals surface area contributed by atoms with Gasteiger partial charge >= 0.3 is 6.03 Å². The van der Waals surface area contributed by atoms with Gasteiger partial charge < -0.3 is 21.1 Å². The first-order valence-electron chi connectivity index (χ1n) is 9.23. The van der Waals surface area contributed by atoms with Crippen LogP contribution in [-0.2, 0) is 0 Å². The van der Waals surface area contributed by atoms with Crippen molar-refractivity contribution < 1.29 is 9.90 Å². The van der Waals surface area contributed by atoms with Crippen molar-refractivity contribution in [2.45, 2.75) is 26.7 Å². The minimum atomic E-state index is -0.574. The van der Waals surface area contributed by atoms with Crippen LogP contribution >= 0.6 is 23.2 Å². The van der Waals surface area contributed by atoms with Gasteiger partial charge in [-0.05, 0) is 30.5 Å². The number of aliphatic hydroxyl groups is 1. The Hall–Kier alpha value is -2.62. The fraction of sp³-hybridized carbons (Fsp3) is 0.368. The number of aromatic nitrogens is 2. The number of amides is 2. The van der Waals surface area contributed by atoms with Crippen LogP contribution in [0.1, 0.15) is 37.8 Å². The monoisotopic (exact) mass is 453 g/mol. The molecule has 11 heteroatoms. The number of anilines is 3. The SMILES string of the molecule is CNc1nc(N(CCO)NC(=O)Nc2cnc(Cl)c(Cl)c2)cc(C(C)C)c1C(C)=N. The van der Waals surface area contributed by atoms with Gasteiger partial charge in [0.1, 0.15) is 16.8 Å². The Labute approximate surface area is 185 Å². The lowest BCUT2D eigenvalue weighted by Crippen LogP contribution is -2.46. The molecule has 0 aliphatic heterocycles. The normalized spacial score (nSPS) is 10.7. The van der Waals surface area contributed by atoms with Crippen LogP contribution in [0.4, 0.5) is 22.1 Å². The lowest BCUT2D eigenvalue weighted by molar-refractivity contribution is 0.248. The molecule has 0 fully saturated rings. The molecule has 0 bridgehead atoms. The van der Waals surface area contributed by atoms with Crippen molar-refractivity contribution in [3.05, 3.63) is 39.6 Å². The van der Waals surface area contributed by atoms with Gasteiger partial charge in [0.2, 0.25) is 0 Å². The molecule has 0 aromatic carbocycles. The number of urea groups is 1. The second kappa shape index (κ2) is 10.4. The number of aliphatic hydroxyl groups excluding tert-OH is 1. The van der Waals surface area contributed by atoms with Gasteiger partial charge in [-0.1, -0.05) is 37.0 Å². The molecule has 0 radical (unpaired) electrons. The largest absolute Gasteiger partial charge is 0.394 e. The van der Waals surface area contributed by atoms with Crippen LogP contribution in [0.5, 0.6) is 0 Å². The van der Waals surface area contributed by atoms with E-state index in [1.165, 1.54) is 17.3 Å². The van der Waals surface area contributed by atoms with Gasteiger partial charge in [-0.25, -0.2) is 20.2 Å². The maximum atomic E-state index is 12.5. The fourth-order valence-corrected chi connectivity index (χ4v) is 3.09. The number of hydrazine groups is 1. The predicted molar refractivity (Wildman–Crippen MR) is 121 cm³/mol. The van der Waals surface area contributed by atoms with Crippen LogP contribution in [0, 0.1) is 5.41 Å². The Balaban J connectivity index is 2.34. The van der Waals surface area contributed by atoms with Crippen LogP contribution in [0.25, 0.3) is 0 Å². The molecule has 0 aliphatic carbocycles. The summed E-state index contributed by atoms with van der Waals surface area (Å²) in [6.45, 7) is 5.61. The van der Waals surface area contributed by atoms with Crippen LogP contribution in [0.15, 0.2) is 18.3 Å². The van der Waals surface area contributed by atoms with Crippen molar-refractivity contribution in [1.29, 1.82) is 5.41 Å². The Morgan fingerprint density at radius 1 is 1.33 bits per heavy atom. The molecular formula is C19H25Cl2N7O2. The molecule has 5 N–H and O–H groups in total. The minimum Gasteiger partial charge on any atom is -0.394 e. The van der Waals surface area contributed by atoms with Crippen molar-refractivity contribution in [2.75, 3.05) is 35.8 Å². The summed E-state index contributed by atoms with van der Waals surface area (Å²) >= 11 is 11.7. The summed E-state index contributed by atoms with van der Waals surface area (Å²) in [5, 5.41) is 25.0. The summed E-state index contributed by atoms with van der Waals surface area (Å²) in [5.74, 6) is 1.05. The third kappa shape index (κ3) is 5.71. The smallest absolute Gasteiger partial charge is 0.338 e. The van der Waals surface area contributed by atoms with Crippen molar-refractivity contribution in [3.8, 4) is 0 Å². The van der Waals surface area contributed by atoms with Crippen molar-refractivity contribution in [2.24, 2.45) is 0 Å². The number of carbonyl (C=O) groups is 1. The molecule has 0 atom stereocenters. The Morgan fingerprint density at radius 3 is 2.57 bits per heavy atom. The average molecular weight is 454 g/mol. The molecule has 9 nitrogen and oxygen atoms in total. The van der Waals surface area contributed by atoms with E-state index in [0.717, 1.165) is 5.56 Å². The number of nitrogens with zero attached hydrogens (tertiary/aromatic N) is 3. The van der Waals surface area contributed by atoms with E-state index in [-0.39, 0.29) is 29.2 Å². The summed E-state index contributed by atoms with van der Waals surface area (Å²) in [6.07, 6.45) is 1.38. The van der Waals surface area contributed by atoms with E-state index in [1.807, 2.05) is 13.8 Å². The summed E-state index contributed by atoms with van der Waals surface area (Å²) < 4.78 is 0. The van der Waals surface area contributed by atoms with E-state index < -0.39 is 6.03 Å². The Kier molecular flexibility index (Phi) is 8.22. The maximum Gasteiger partial charge on any atom is 0.338 e. The lowest BCUT2D eigenvalue weighted by Gasteiger charge is -2.26. The predicted octanol–water partition coefficient (Wildman–Crippen LogP) is 3.87. The zero-order valence-corrected chi connectivity index (χ0v) is 18.7. The van der Waals surface area contributed by atoms with Gasteiger partial charge in [-0.2, -0.15) is 0 Å². The molecule has 30 heavy (non-hydrogen) atoms. The van der Waals surface area contributed by atoms with Crippen LogP contribution in [0.3, 0.4) is 0 Å². The molecule has 162 valence electrons. The van der Waals surface area contributed by atoms with E-state index >= 15 is 0 Å². The van der Waals surface area contributed by atoms with Crippen molar-refractivity contribution in [3.63, 3.8) is 0 Å². The zero-order valence-electron chi connectivity index (χ0n) is 17.2. The van der Waals surface area contributed by atoms with Crippen LogP contribution in [0.2, 0.25) is 10.2 Å². The molecule has 0 unspecified atom stereocenters. The second-order valence-corrected chi connectivity index (χ2v) is 7.53. The zero-order chi connectivity index (χ0) is 22.4. The van der Waals surface area contributed by atoms with Gasteiger partial charge in [0.15, 0.2) is 0 Å². The molecule has 0 aliphatic rings. The first-order chi connectivity index (χ1) is 14.2. The third-order valence-electron chi connectivity index (χ3n) is 4.16. The minimum absolute atomic E-state index is 0.101. The number of hydrogen-bond acceptors (Lipinski definition) is 7. The van der Waals surface area contributed by atoms with E-state index in [1.54, 1.807) is 20.0 Å². The average Bonchev–Trinajstić information content (AvgIpc) is 2.69. The molecule has 0 saturated carbocycles. The molecule has 2 heterocycles. The molecule has 0 saturated heterocycles. The quantitative estimate of drug-likeness (QED) is 0.234. The van der Waals surface area contributed by atoms with Crippen molar-refractivity contribution in [1.82, 2.24) is 15.4 Å². The first-order valence-corrected chi connectivity index (χ1v) is 9.98. The van der Waals surface area contributed by atoms with E-state index in [9.17, 15) is 9.90 Å². The summed E-state index contributed by atoms with van der Waals surface area (Å²) in [7, 11) is 1.72. The first kappa shape index (κ1) is 23.7. The third-order valence-corrected chi connectivity index (χ3v) is 4.85. The molecule has 2 aromatic rings. The number of nitrogens with one attached hydrogen (secondary N) is 4. The molecule has 2 amide bonds. The van der Waals surface area contributed by atoms with Crippen molar-refractivity contribution >= 4 is 52.3 Å². The van der Waals surface area contributed by atoms with Gasteiger partial charge in [0, 0.05) is 18.3 Å². The van der Waals surface area contributed by atoms with E-state index in [0.29, 0.717) is 28.6 Å². The van der Waals surface area contributed by atoms with Crippen LogP contribution in [-0.4, -0.2) is 47.0 Å². The van der Waals surface area contributed by atoms with Gasteiger partial charge in [0.25, 0.3) is 0 Å². The Morgan fingerprint density at radius 2 is 2.03 bits per heavy atom. The maximum absolute atomic E-state index is 12.5. The lowest BCUT2D eigenvalue weighted by atomic mass is 9.95. The number of halogens is 2. The number of hydrogen-bond donors (Lipinski definition) is 5. The molecule has 0 spiro atoms. The standard InChI is InChI=1S/C19H25Cl2N7O2/c1-10(2)13-8-15(26-18(23-4)16(13)11(3)22)28(5-6-29)27-19(30)25-12-7-14(20)17(21)24-9-12/h7-10,22,29H,5-6H2,1-4H3,(H,23,26)(H2,25,27,30). The number of pyridine rings is 2. The molecule has 2 rings (SSSR count). The number of carbonyl (C=O) groups excluding carboxylic acids is 1. The number of rotatable bonds is 8. The van der Waals surface area contributed by atoms with Gasteiger partial charge in [-0.15, -0.1) is 0 Å². The highest BCUT2D eigenvalue weighted by Crippen LogP contribution is 2.29. The highest BCUT2D eigenvalue weighted by molar-refractivity contribution is 6.41. The fourth-order valence-electron chi connectivity index (χ4n) is 2.82. The van der Waals surface area contributed by atoms with Crippen LogP contribution < -0.4 is 21.1 Å². The summed E-state index contributed by atoms with van der Waals surface area (Å²) in [5.41, 5.74) is 5.01. The van der Waals surface area contributed by atoms with E-state index in [4.69, 9.17) is 28.6 Å². The highest BCUT2D eigenvalue weighted by Gasteiger charge is 2.20. The highest BCUT2D eigenvalue weighted by atomic mass is 35.5. The summed E-state index contributed by atoms with van der Waals surface area (Å²) in [4.78, 5) is 20.9. The Bertz CT molecular complexity index is 937.